The minimum atomic E-state index is -0.528. The Kier molecular flexibility index (Phi) is 5.09. The molecular weight excluding hydrogens is 312 g/mol. The van der Waals surface area contributed by atoms with Crippen LogP contribution in [0.25, 0.3) is 0 Å². The second-order valence-electron chi connectivity index (χ2n) is 7.40. The summed E-state index contributed by atoms with van der Waals surface area (Å²) in [7, 11) is 0. The summed E-state index contributed by atoms with van der Waals surface area (Å²) in [6.45, 7) is 6.52. The highest BCUT2D eigenvalue weighted by Crippen LogP contribution is 2.31. The number of nitrogens with zero attached hydrogens (tertiary/aromatic N) is 1. The first-order valence-corrected chi connectivity index (χ1v) is 8.78. The van der Waals surface area contributed by atoms with Crippen molar-refractivity contribution in [3.63, 3.8) is 0 Å². The molecule has 4 nitrogen and oxygen atoms in total. The first kappa shape index (κ1) is 17.5. The summed E-state index contributed by atoms with van der Waals surface area (Å²) in [5, 5.41) is 3.47. The van der Waals surface area contributed by atoms with Gasteiger partial charge in [0, 0.05) is 18.8 Å². The van der Waals surface area contributed by atoms with Crippen LogP contribution in [0.2, 0.25) is 0 Å². The SMILES string of the molecule is CC(C)(C)OC(=O)N1C=C(C2CC=CCN2)C=CC1c1ccccc1. The molecule has 1 aromatic rings. The van der Waals surface area contributed by atoms with Gasteiger partial charge < -0.3 is 10.1 Å². The smallest absolute Gasteiger partial charge is 0.415 e. The highest BCUT2D eigenvalue weighted by molar-refractivity contribution is 5.71. The maximum atomic E-state index is 12.8. The topological polar surface area (TPSA) is 41.6 Å². The molecule has 25 heavy (non-hydrogen) atoms. The summed E-state index contributed by atoms with van der Waals surface area (Å²) in [5.41, 5.74) is 1.64. The molecule has 0 aromatic heterocycles. The molecule has 0 bridgehead atoms. The van der Waals surface area contributed by atoms with Crippen molar-refractivity contribution in [3.8, 4) is 0 Å². The van der Waals surface area contributed by atoms with Gasteiger partial charge in [-0.25, -0.2) is 4.79 Å². The molecule has 2 heterocycles. The Morgan fingerprint density at radius 1 is 1.20 bits per heavy atom. The largest absolute Gasteiger partial charge is 0.443 e. The third-order valence-corrected chi connectivity index (χ3v) is 4.23. The number of hydrogen-bond acceptors (Lipinski definition) is 3. The minimum absolute atomic E-state index is 0.154. The Labute approximate surface area is 149 Å². The van der Waals surface area contributed by atoms with E-state index in [1.807, 2.05) is 57.3 Å². The summed E-state index contributed by atoms with van der Waals surface area (Å²) < 4.78 is 5.64. The molecule has 1 N–H and O–H groups in total. The van der Waals surface area contributed by atoms with E-state index in [1.165, 1.54) is 0 Å². The summed E-state index contributed by atoms with van der Waals surface area (Å²) in [5.74, 6) is 0. The van der Waals surface area contributed by atoms with Gasteiger partial charge in [0.25, 0.3) is 0 Å². The second kappa shape index (κ2) is 7.28. The van der Waals surface area contributed by atoms with Crippen molar-refractivity contribution in [2.75, 3.05) is 6.54 Å². The zero-order valence-electron chi connectivity index (χ0n) is 15.1. The first-order chi connectivity index (χ1) is 11.9. The fourth-order valence-corrected chi connectivity index (χ4v) is 3.05. The van der Waals surface area contributed by atoms with Crippen LogP contribution in [0.5, 0.6) is 0 Å². The number of nitrogens with one attached hydrogen (secondary N) is 1. The summed E-state index contributed by atoms with van der Waals surface area (Å²) in [6.07, 6.45) is 11.0. The molecular formula is C21H26N2O2. The zero-order chi connectivity index (χ0) is 17.9. The molecule has 2 aliphatic rings. The normalized spacial score (nSPS) is 23.3. The van der Waals surface area contributed by atoms with Gasteiger partial charge in [-0.05, 0) is 38.3 Å². The van der Waals surface area contributed by atoms with E-state index in [0.717, 1.165) is 24.1 Å². The third-order valence-electron chi connectivity index (χ3n) is 4.23. The predicted octanol–water partition coefficient (Wildman–Crippen LogP) is 4.34. The fourth-order valence-electron chi connectivity index (χ4n) is 3.05. The second-order valence-corrected chi connectivity index (χ2v) is 7.40. The van der Waals surface area contributed by atoms with Gasteiger partial charge in [0.1, 0.15) is 5.60 Å². The molecule has 1 amide bonds. The van der Waals surface area contributed by atoms with Crippen molar-refractivity contribution >= 4 is 6.09 Å². The fraction of sp³-hybridized carbons (Fsp3) is 0.381. The monoisotopic (exact) mass is 338 g/mol. The number of carbonyl (C=O) groups is 1. The van der Waals surface area contributed by atoms with Crippen LogP contribution in [0.3, 0.4) is 0 Å². The van der Waals surface area contributed by atoms with E-state index < -0.39 is 5.60 Å². The Bertz CT molecular complexity index is 698. The lowest BCUT2D eigenvalue weighted by Gasteiger charge is -2.34. The highest BCUT2D eigenvalue weighted by atomic mass is 16.6. The quantitative estimate of drug-likeness (QED) is 0.816. The minimum Gasteiger partial charge on any atom is -0.443 e. The van der Waals surface area contributed by atoms with Gasteiger partial charge in [-0.3, -0.25) is 4.90 Å². The average Bonchev–Trinajstić information content (AvgIpc) is 2.61. The molecule has 0 fully saturated rings. The summed E-state index contributed by atoms with van der Waals surface area (Å²) in [6, 6.07) is 10.1. The third kappa shape index (κ3) is 4.40. The molecule has 0 spiro atoms. The molecule has 0 radical (unpaired) electrons. The predicted molar refractivity (Wildman–Crippen MR) is 100 cm³/mol. The van der Waals surface area contributed by atoms with E-state index in [4.69, 9.17) is 4.74 Å². The van der Waals surface area contributed by atoms with Gasteiger partial charge in [-0.1, -0.05) is 54.6 Å². The molecule has 1 aromatic carbocycles. The van der Waals surface area contributed by atoms with Crippen molar-refractivity contribution in [1.29, 1.82) is 0 Å². The maximum absolute atomic E-state index is 12.8. The van der Waals surface area contributed by atoms with Gasteiger partial charge in [0.15, 0.2) is 0 Å². The zero-order valence-corrected chi connectivity index (χ0v) is 15.1. The van der Waals surface area contributed by atoms with Gasteiger partial charge in [-0.15, -0.1) is 0 Å². The van der Waals surface area contributed by atoms with Crippen molar-refractivity contribution in [3.05, 3.63) is 72.0 Å². The molecule has 2 aliphatic heterocycles. The molecule has 2 atom stereocenters. The van der Waals surface area contributed by atoms with Crippen LogP contribution >= 0.6 is 0 Å². The average molecular weight is 338 g/mol. The van der Waals surface area contributed by atoms with E-state index in [9.17, 15) is 4.79 Å². The standard InChI is InChI=1S/C21H26N2O2/c1-21(2,3)25-20(24)23-15-17(18-11-7-8-14-22-18)12-13-19(23)16-9-5-4-6-10-16/h4-10,12-13,15,18-19,22H,11,14H2,1-3H3. The van der Waals surface area contributed by atoms with Crippen molar-refractivity contribution in [1.82, 2.24) is 10.2 Å². The number of ether oxygens (including phenoxy) is 1. The Morgan fingerprint density at radius 3 is 2.60 bits per heavy atom. The van der Waals surface area contributed by atoms with Crippen molar-refractivity contribution in [2.24, 2.45) is 0 Å². The van der Waals surface area contributed by atoms with E-state index in [2.05, 4.69) is 29.6 Å². The van der Waals surface area contributed by atoms with Crippen LogP contribution in [0.15, 0.2) is 66.4 Å². The van der Waals surface area contributed by atoms with Gasteiger partial charge in [0.2, 0.25) is 0 Å². The van der Waals surface area contributed by atoms with Crippen LogP contribution in [0, 0.1) is 0 Å². The van der Waals surface area contributed by atoms with Crippen molar-refractivity contribution in [2.45, 2.75) is 44.9 Å². The first-order valence-electron chi connectivity index (χ1n) is 8.78. The van der Waals surface area contributed by atoms with E-state index >= 15 is 0 Å². The van der Waals surface area contributed by atoms with E-state index in [1.54, 1.807) is 4.90 Å². The van der Waals surface area contributed by atoms with Crippen LogP contribution in [-0.2, 0) is 4.74 Å². The van der Waals surface area contributed by atoms with Crippen LogP contribution in [0.1, 0.15) is 38.8 Å². The molecule has 0 saturated heterocycles. The lowest BCUT2D eigenvalue weighted by Crippen LogP contribution is -2.39. The Balaban J connectivity index is 1.89. The molecule has 132 valence electrons. The number of carbonyl (C=O) groups excluding carboxylic acids is 1. The van der Waals surface area contributed by atoms with E-state index in [0.29, 0.717) is 0 Å². The molecule has 0 aliphatic carbocycles. The molecule has 0 saturated carbocycles. The van der Waals surface area contributed by atoms with Gasteiger partial charge in [-0.2, -0.15) is 0 Å². The summed E-state index contributed by atoms with van der Waals surface area (Å²) >= 11 is 0. The van der Waals surface area contributed by atoms with Gasteiger partial charge >= 0.3 is 6.09 Å². The summed E-state index contributed by atoms with van der Waals surface area (Å²) in [4.78, 5) is 14.5. The lowest BCUT2D eigenvalue weighted by molar-refractivity contribution is 0.0290. The Morgan fingerprint density at radius 2 is 1.96 bits per heavy atom. The van der Waals surface area contributed by atoms with Crippen LogP contribution in [-0.4, -0.2) is 29.2 Å². The maximum Gasteiger partial charge on any atom is 0.415 e. The molecule has 4 heteroatoms. The van der Waals surface area contributed by atoms with Crippen LogP contribution in [0.4, 0.5) is 4.79 Å². The van der Waals surface area contributed by atoms with Crippen LogP contribution < -0.4 is 5.32 Å². The highest BCUT2D eigenvalue weighted by Gasteiger charge is 2.30. The van der Waals surface area contributed by atoms with Gasteiger partial charge in [0.05, 0.1) is 6.04 Å². The lowest BCUT2D eigenvalue weighted by atomic mass is 9.95. The number of rotatable bonds is 2. The molecule has 2 unspecified atom stereocenters. The van der Waals surface area contributed by atoms with Crippen molar-refractivity contribution < 1.29 is 9.53 Å². The molecule has 3 rings (SSSR count). The number of hydrogen-bond donors (Lipinski definition) is 1. The Hall–Kier alpha value is -2.33. The number of benzene rings is 1. The van der Waals surface area contributed by atoms with E-state index in [-0.39, 0.29) is 18.2 Å². The number of amides is 1.